The van der Waals surface area contributed by atoms with Crippen molar-refractivity contribution in [1.82, 2.24) is 4.90 Å². The van der Waals surface area contributed by atoms with Crippen LogP contribution in [0.5, 0.6) is 0 Å². The molecule has 19 heavy (non-hydrogen) atoms. The highest BCUT2D eigenvalue weighted by Crippen LogP contribution is 2.34. The molecule has 3 nitrogen and oxygen atoms in total. The molecule has 1 atom stereocenters. The molecule has 106 valence electrons. The van der Waals surface area contributed by atoms with E-state index in [4.69, 9.17) is 5.73 Å². The van der Waals surface area contributed by atoms with Crippen LogP contribution in [0, 0.1) is 17.2 Å². The van der Waals surface area contributed by atoms with Crippen LogP contribution < -0.4 is 11.1 Å². The number of nitrogens with zero attached hydrogens (tertiary/aromatic N) is 1. The topological polar surface area (TPSA) is 41.3 Å². The van der Waals surface area contributed by atoms with Gasteiger partial charge >= 0.3 is 0 Å². The van der Waals surface area contributed by atoms with Gasteiger partial charge in [0.25, 0.3) is 0 Å². The van der Waals surface area contributed by atoms with Gasteiger partial charge in [-0.15, -0.1) is 0 Å². The van der Waals surface area contributed by atoms with Crippen molar-refractivity contribution in [2.75, 3.05) is 37.7 Å². The fourth-order valence-corrected chi connectivity index (χ4v) is 2.72. The first-order valence-corrected chi connectivity index (χ1v) is 6.86. The molecule has 0 bridgehead atoms. The highest BCUT2D eigenvalue weighted by atomic mass is 19.1. The zero-order valence-electron chi connectivity index (χ0n) is 12.0. The second-order valence-electron chi connectivity index (χ2n) is 6.32. The number of likely N-dealkylation sites (tertiary alicyclic amines) is 1. The van der Waals surface area contributed by atoms with Gasteiger partial charge in [-0.1, -0.05) is 13.8 Å². The zero-order valence-corrected chi connectivity index (χ0v) is 12.0. The van der Waals surface area contributed by atoms with E-state index in [-0.39, 0.29) is 11.2 Å². The summed E-state index contributed by atoms with van der Waals surface area (Å²) in [5.74, 6) is 0.412. The minimum absolute atomic E-state index is 0.170. The van der Waals surface area contributed by atoms with Gasteiger partial charge in [-0.25, -0.2) is 4.39 Å². The molecule has 1 unspecified atom stereocenters. The van der Waals surface area contributed by atoms with Crippen molar-refractivity contribution in [1.29, 1.82) is 0 Å². The molecule has 1 aliphatic heterocycles. The van der Waals surface area contributed by atoms with Crippen molar-refractivity contribution in [2.45, 2.75) is 20.3 Å². The molecule has 0 radical (unpaired) electrons. The Morgan fingerprint density at radius 1 is 1.47 bits per heavy atom. The molecule has 1 saturated heterocycles. The van der Waals surface area contributed by atoms with E-state index in [2.05, 4.69) is 31.1 Å². The largest absolute Gasteiger partial charge is 0.397 e. The molecule has 1 aromatic carbocycles. The molecule has 2 rings (SSSR count). The zero-order chi connectivity index (χ0) is 14.0. The summed E-state index contributed by atoms with van der Waals surface area (Å²) in [5.41, 5.74) is 7.32. The summed E-state index contributed by atoms with van der Waals surface area (Å²) in [5, 5.41) is 3.30. The first-order chi connectivity index (χ1) is 8.88. The Bertz CT molecular complexity index is 445. The molecule has 0 saturated carbocycles. The van der Waals surface area contributed by atoms with Crippen LogP contribution in [0.25, 0.3) is 0 Å². The standard InChI is InChI=1S/C15H24FN3/c1-15(2,11-6-7-19(3)9-11)10-18-14-8-12(16)4-5-13(14)17/h4-5,8,11,18H,6-7,9-10,17H2,1-3H3. The fraction of sp³-hybridized carbons (Fsp3) is 0.600. The molecular formula is C15H24FN3. The first kappa shape index (κ1) is 14.1. The Kier molecular flexibility index (Phi) is 3.99. The van der Waals surface area contributed by atoms with Crippen LogP contribution in [0.4, 0.5) is 15.8 Å². The Morgan fingerprint density at radius 3 is 2.84 bits per heavy atom. The van der Waals surface area contributed by atoms with Gasteiger partial charge in [0, 0.05) is 13.1 Å². The monoisotopic (exact) mass is 265 g/mol. The molecule has 4 heteroatoms. The number of benzene rings is 1. The maximum atomic E-state index is 13.2. The Balaban J connectivity index is 1.99. The summed E-state index contributed by atoms with van der Waals surface area (Å²) in [7, 11) is 2.16. The average Bonchev–Trinajstić information content (AvgIpc) is 2.78. The van der Waals surface area contributed by atoms with Crippen molar-refractivity contribution in [3.05, 3.63) is 24.0 Å². The molecule has 1 heterocycles. The normalized spacial score (nSPS) is 20.7. The lowest BCUT2D eigenvalue weighted by atomic mass is 9.78. The van der Waals surface area contributed by atoms with Gasteiger partial charge in [0.2, 0.25) is 0 Å². The smallest absolute Gasteiger partial charge is 0.125 e. The highest BCUT2D eigenvalue weighted by molar-refractivity contribution is 5.65. The maximum absolute atomic E-state index is 13.2. The van der Waals surface area contributed by atoms with Crippen molar-refractivity contribution >= 4 is 11.4 Å². The second-order valence-corrected chi connectivity index (χ2v) is 6.32. The van der Waals surface area contributed by atoms with E-state index in [1.807, 2.05) is 0 Å². The molecule has 1 aromatic rings. The Morgan fingerprint density at radius 2 is 2.21 bits per heavy atom. The minimum Gasteiger partial charge on any atom is -0.397 e. The van der Waals surface area contributed by atoms with Crippen LogP contribution in [0.1, 0.15) is 20.3 Å². The molecule has 0 aliphatic carbocycles. The lowest BCUT2D eigenvalue weighted by Gasteiger charge is -2.32. The molecule has 3 N–H and O–H groups in total. The second kappa shape index (κ2) is 5.37. The van der Waals surface area contributed by atoms with E-state index in [1.165, 1.54) is 18.6 Å². The predicted octanol–water partition coefficient (Wildman–Crippen LogP) is 2.80. The number of nitrogens with one attached hydrogen (secondary N) is 1. The van der Waals surface area contributed by atoms with Crippen LogP contribution in [0.2, 0.25) is 0 Å². The van der Waals surface area contributed by atoms with Crippen LogP contribution in [-0.4, -0.2) is 31.6 Å². The lowest BCUT2D eigenvalue weighted by molar-refractivity contribution is 0.231. The van der Waals surface area contributed by atoms with Gasteiger partial charge < -0.3 is 16.0 Å². The van der Waals surface area contributed by atoms with Crippen LogP contribution in [0.15, 0.2) is 18.2 Å². The number of halogens is 1. The molecule has 0 amide bonds. The summed E-state index contributed by atoms with van der Waals surface area (Å²) in [6, 6.07) is 4.46. The fourth-order valence-electron chi connectivity index (χ4n) is 2.72. The van der Waals surface area contributed by atoms with Gasteiger partial charge in [0.1, 0.15) is 5.82 Å². The summed E-state index contributed by atoms with van der Waals surface area (Å²) >= 11 is 0. The number of hydrogen-bond donors (Lipinski definition) is 2. The number of anilines is 2. The predicted molar refractivity (Wildman–Crippen MR) is 78.7 cm³/mol. The van der Waals surface area contributed by atoms with E-state index in [1.54, 1.807) is 6.07 Å². The van der Waals surface area contributed by atoms with Gasteiger partial charge in [-0.2, -0.15) is 0 Å². The summed E-state index contributed by atoms with van der Waals surface area (Å²) in [4.78, 5) is 2.36. The summed E-state index contributed by atoms with van der Waals surface area (Å²) in [6.45, 7) is 7.63. The summed E-state index contributed by atoms with van der Waals surface area (Å²) < 4.78 is 13.2. The Hall–Kier alpha value is -1.29. The van der Waals surface area contributed by atoms with E-state index < -0.39 is 0 Å². The van der Waals surface area contributed by atoms with Crippen LogP contribution in [-0.2, 0) is 0 Å². The van der Waals surface area contributed by atoms with Gasteiger partial charge in [-0.05, 0) is 49.5 Å². The van der Waals surface area contributed by atoms with Crippen molar-refractivity contribution in [3.63, 3.8) is 0 Å². The number of nitrogen functional groups attached to an aromatic ring is 1. The van der Waals surface area contributed by atoms with E-state index in [0.29, 0.717) is 17.3 Å². The molecular weight excluding hydrogens is 241 g/mol. The molecule has 0 aromatic heterocycles. The molecule has 1 fully saturated rings. The first-order valence-electron chi connectivity index (χ1n) is 6.86. The van der Waals surface area contributed by atoms with Crippen LogP contribution in [0.3, 0.4) is 0 Å². The van der Waals surface area contributed by atoms with Crippen molar-refractivity contribution in [2.24, 2.45) is 11.3 Å². The van der Waals surface area contributed by atoms with E-state index in [9.17, 15) is 4.39 Å². The Labute approximate surface area is 115 Å². The summed E-state index contributed by atoms with van der Waals surface area (Å²) in [6.07, 6.45) is 1.23. The van der Waals surface area contributed by atoms with E-state index >= 15 is 0 Å². The average molecular weight is 265 g/mol. The molecule has 0 spiro atoms. The minimum atomic E-state index is -0.255. The van der Waals surface area contributed by atoms with Gasteiger partial charge in [0.15, 0.2) is 0 Å². The quantitative estimate of drug-likeness (QED) is 0.823. The van der Waals surface area contributed by atoms with Gasteiger partial charge in [0.05, 0.1) is 11.4 Å². The third kappa shape index (κ3) is 3.38. The molecule has 1 aliphatic rings. The maximum Gasteiger partial charge on any atom is 0.125 e. The lowest BCUT2D eigenvalue weighted by Crippen LogP contribution is -2.33. The van der Waals surface area contributed by atoms with Crippen molar-refractivity contribution < 1.29 is 4.39 Å². The van der Waals surface area contributed by atoms with Crippen LogP contribution >= 0.6 is 0 Å². The van der Waals surface area contributed by atoms with Gasteiger partial charge in [-0.3, -0.25) is 0 Å². The highest BCUT2D eigenvalue weighted by Gasteiger charge is 2.33. The van der Waals surface area contributed by atoms with E-state index in [0.717, 1.165) is 19.6 Å². The number of hydrogen-bond acceptors (Lipinski definition) is 3. The van der Waals surface area contributed by atoms with Crippen molar-refractivity contribution in [3.8, 4) is 0 Å². The third-order valence-electron chi connectivity index (χ3n) is 4.25. The third-order valence-corrected chi connectivity index (χ3v) is 4.25. The number of rotatable bonds is 4. The SMILES string of the molecule is CN1CCC(C(C)(C)CNc2cc(F)ccc2N)C1. The number of nitrogens with two attached hydrogens (primary N) is 1.